The van der Waals surface area contributed by atoms with Crippen LogP contribution in [0.1, 0.15) is 6.92 Å². The molecule has 0 bridgehead atoms. The van der Waals surface area contributed by atoms with Gasteiger partial charge in [-0.25, -0.2) is 4.98 Å². The van der Waals surface area contributed by atoms with Crippen molar-refractivity contribution >= 4 is 12.7 Å². The maximum absolute atomic E-state index is 4.99. The molecule has 0 unspecified atom stereocenters. The van der Waals surface area contributed by atoms with Crippen molar-refractivity contribution in [1.82, 2.24) is 4.98 Å². The van der Waals surface area contributed by atoms with Gasteiger partial charge in [0.2, 0.25) is 0 Å². The van der Waals surface area contributed by atoms with E-state index in [1.807, 2.05) is 6.92 Å². The van der Waals surface area contributed by atoms with Gasteiger partial charge in [-0.05, 0) is 13.0 Å². The first-order valence-electron chi connectivity index (χ1n) is 2.96. The van der Waals surface area contributed by atoms with Gasteiger partial charge >= 0.3 is 0 Å². The SMILES string of the molecule is C=C(C)/C=c1/ocnc1=C. The zero-order chi connectivity index (χ0) is 7.56. The van der Waals surface area contributed by atoms with Crippen LogP contribution in [0.15, 0.2) is 23.0 Å². The van der Waals surface area contributed by atoms with Crippen molar-refractivity contribution in [3.8, 4) is 0 Å². The third-order valence-electron chi connectivity index (χ3n) is 1.05. The lowest BCUT2D eigenvalue weighted by Crippen LogP contribution is -2.19. The van der Waals surface area contributed by atoms with Gasteiger partial charge in [0, 0.05) is 0 Å². The summed E-state index contributed by atoms with van der Waals surface area (Å²) in [5, 5.41) is 0.656. The van der Waals surface area contributed by atoms with E-state index >= 15 is 0 Å². The number of hydrogen-bond acceptors (Lipinski definition) is 2. The van der Waals surface area contributed by atoms with Gasteiger partial charge in [0.25, 0.3) is 0 Å². The second-order valence-electron chi connectivity index (χ2n) is 2.15. The van der Waals surface area contributed by atoms with Crippen LogP contribution in [0.25, 0.3) is 12.7 Å². The predicted molar refractivity (Wildman–Crippen MR) is 40.6 cm³/mol. The summed E-state index contributed by atoms with van der Waals surface area (Å²) in [4.78, 5) is 3.82. The zero-order valence-corrected chi connectivity index (χ0v) is 5.92. The molecule has 10 heavy (non-hydrogen) atoms. The number of rotatable bonds is 1. The summed E-state index contributed by atoms with van der Waals surface area (Å²) in [6.07, 6.45) is 3.17. The van der Waals surface area contributed by atoms with Crippen molar-refractivity contribution < 1.29 is 4.42 Å². The van der Waals surface area contributed by atoms with Gasteiger partial charge in [-0.15, -0.1) is 0 Å². The third kappa shape index (κ3) is 1.35. The first-order chi connectivity index (χ1) is 4.70. The van der Waals surface area contributed by atoms with Crippen molar-refractivity contribution in [2.75, 3.05) is 0 Å². The number of nitrogens with zero attached hydrogens (tertiary/aromatic N) is 1. The van der Waals surface area contributed by atoms with Crippen LogP contribution in [0, 0.1) is 0 Å². The molecule has 52 valence electrons. The van der Waals surface area contributed by atoms with Gasteiger partial charge in [0.05, 0.1) is 0 Å². The summed E-state index contributed by atoms with van der Waals surface area (Å²) < 4.78 is 4.99. The topological polar surface area (TPSA) is 26.0 Å². The molecule has 1 rings (SSSR count). The molecule has 0 aliphatic rings. The van der Waals surface area contributed by atoms with Crippen molar-refractivity contribution in [1.29, 1.82) is 0 Å². The summed E-state index contributed by atoms with van der Waals surface area (Å²) in [6, 6.07) is 0. The molecule has 0 amide bonds. The molecule has 0 spiro atoms. The highest BCUT2D eigenvalue weighted by atomic mass is 16.3. The molecule has 0 fully saturated rings. The molecule has 0 saturated carbocycles. The molecular weight excluding hydrogens is 126 g/mol. The van der Waals surface area contributed by atoms with Gasteiger partial charge < -0.3 is 4.42 Å². The summed E-state index contributed by atoms with van der Waals surface area (Å²) in [5.74, 6) is 0. The van der Waals surface area contributed by atoms with E-state index in [0.717, 1.165) is 5.57 Å². The van der Waals surface area contributed by atoms with E-state index in [1.165, 1.54) is 6.39 Å². The second kappa shape index (κ2) is 2.52. The minimum Gasteiger partial charge on any atom is -0.443 e. The van der Waals surface area contributed by atoms with Crippen molar-refractivity contribution in [3.05, 3.63) is 29.3 Å². The Hall–Kier alpha value is -1.31. The lowest BCUT2D eigenvalue weighted by molar-refractivity contribution is 0.524. The van der Waals surface area contributed by atoms with Crippen molar-refractivity contribution in [3.63, 3.8) is 0 Å². The maximum atomic E-state index is 4.99. The van der Waals surface area contributed by atoms with Crippen LogP contribution >= 0.6 is 0 Å². The third-order valence-corrected chi connectivity index (χ3v) is 1.05. The normalized spacial score (nSPS) is 11.9. The van der Waals surface area contributed by atoms with E-state index in [2.05, 4.69) is 18.1 Å². The summed E-state index contributed by atoms with van der Waals surface area (Å²) in [5.41, 5.74) is 1.62. The molecule has 0 aromatic carbocycles. The molecule has 0 atom stereocenters. The average molecular weight is 135 g/mol. The Morgan fingerprint density at radius 2 is 2.50 bits per heavy atom. The molecule has 1 aromatic heterocycles. The molecule has 1 heterocycles. The van der Waals surface area contributed by atoms with Crippen LogP contribution in [0.4, 0.5) is 0 Å². The van der Waals surface area contributed by atoms with Crippen LogP contribution in [0.3, 0.4) is 0 Å². The highest BCUT2D eigenvalue weighted by Gasteiger charge is 1.84. The Balaban J connectivity index is 3.29. The number of oxazole rings is 1. The van der Waals surface area contributed by atoms with E-state index in [9.17, 15) is 0 Å². The van der Waals surface area contributed by atoms with Crippen LogP contribution in [0.5, 0.6) is 0 Å². The maximum Gasteiger partial charge on any atom is 0.181 e. The zero-order valence-electron chi connectivity index (χ0n) is 5.92. The van der Waals surface area contributed by atoms with E-state index < -0.39 is 0 Å². The fourth-order valence-corrected chi connectivity index (χ4v) is 0.620. The molecule has 2 nitrogen and oxygen atoms in total. The van der Waals surface area contributed by atoms with E-state index in [1.54, 1.807) is 6.08 Å². The highest BCUT2D eigenvalue weighted by molar-refractivity contribution is 5.40. The largest absolute Gasteiger partial charge is 0.443 e. The second-order valence-corrected chi connectivity index (χ2v) is 2.15. The quantitative estimate of drug-likeness (QED) is 0.558. The Morgan fingerprint density at radius 3 is 2.90 bits per heavy atom. The van der Waals surface area contributed by atoms with Crippen LogP contribution in [-0.2, 0) is 0 Å². The fraction of sp³-hybridized carbons (Fsp3) is 0.125. The molecule has 2 heteroatoms. The van der Waals surface area contributed by atoms with Crippen LogP contribution in [-0.4, -0.2) is 4.98 Å². The van der Waals surface area contributed by atoms with Crippen LogP contribution in [0.2, 0.25) is 0 Å². The van der Waals surface area contributed by atoms with Gasteiger partial charge in [0.1, 0.15) is 5.35 Å². The number of hydrogen-bond donors (Lipinski definition) is 0. The lowest BCUT2D eigenvalue weighted by atomic mass is 10.3. The Morgan fingerprint density at radius 1 is 1.80 bits per heavy atom. The van der Waals surface area contributed by atoms with Gasteiger partial charge in [0.15, 0.2) is 11.8 Å². The minimum absolute atomic E-state index is 0.656. The van der Waals surface area contributed by atoms with Gasteiger partial charge in [-0.3, -0.25) is 0 Å². The Labute approximate surface area is 59.2 Å². The van der Waals surface area contributed by atoms with E-state index in [0.29, 0.717) is 10.8 Å². The molecule has 0 N–H and O–H groups in total. The summed E-state index contributed by atoms with van der Waals surface area (Å²) >= 11 is 0. The van der Waals surface area contributed by atoms with Crippen LogP contribution < -0.4 is 10.8 Å². The summed E-state index contributed by atoms with van der Waals surface area (Å²) in [7, 11) is 0. The molecule has 0 saturated heterocycles. The molecular formula is C8H9NO. The smallest absolute Gasteiger partial charge is 0.181 e. The molecule has 0 aliphatic heterocycles. The standard InChI is InChI=1S/C8H9NO/c1-6(2)4-8-7(3)9-5-10-8/h4-5H,1,3H2,2H3/b8-4+. The number of allylic oxidation sites excluding steroid dienone is 1. The Kier molecular flexibility index (Phi) is 1.71. The van der Waals surface area contributed by atoms with Gasteiger partial charge in [-0.1, -0.05) is 18.7 Å². The molecule has 0 aliphatic carbocycles. The monoisotopic (exact) mass is 135 g/mol. The first-order valence-corrected chi connectivity index (χ1v) is 2.96. The van der Waals surface area contributed by atoms with E-state index in [4.69, 9.17) is 4.42 Å². The highest BCUT2D eigenvalue weighted by Crippen LogP contribution is 1.84. The number of aromatic nitrogens is 1. The predicted octanol–water partition coefficient (Wildman–Crippen LogP) is 0.441. The Bertz CT molecular complexity index is 334. The fourth-order valence-electron chi connectivity index (χ4n) is 0.620. The van der Waals surface area contributed by atoms with E-state index in [-0.39, 0.29) is 0 Å². The van der Waals surface area contributed by atoms with Crippen molar-refractivity contribution in [2.24, 2.45) is 0 Å². The lowest BCUT2D eigenvalue weighted by Gasteiger charge is -1.78. The minimum atomic E-state index is 0.656. The molecule has 1 aromatic rings. The molecule has 0 radical (unpaired) electrons. The van der Waals surface area contributed by atoms with Crippen molar-refractivity contribution in [2.45, 2.75) is 6.92 Å². The summed E-state index contributed by atoms with van der Waals surface area (Å²) in [6.45, 7) is 9.25. The van der Waals surface area contributed by atoms with Gasteiger partial charge in [-0.2, -0.15) is 0 Å². The first kappa shape index (κ1) is 6.81. The average Bonchev–Trinajstić information content (AvgIpc) is 2.15.